The van der Waals surface area contributed by atoms with Crippen molar-refractivity contribution in [1.82, 2.24) is 4.90 Å². The van der Waals surface area contributed by atoms with E-state index in [4.69, 9.17) is 5.73 Å². The maximum Gasteiger partial charge on any atom is 0.306 e. The van der Waals surface area contributed by atoms with Crippen LogP contribution in [0.2, 0.25) is 0 Å². The largest absolute Gasteiger partial charge is 0.469 e. The Kier molecular flexibility index (Phi) is 5.74. The van der Waals surface area contributed by atoms with Gasteiger partial charge in [0, 0.05) is 19.6 Å². The predicted molar refractivity (Wildman–Crippen MR) is 67.3 cm³/mol. The second-order valence-corrected chi connectivity index (χ2v) is 4.24. The fourth-order valence-corrected chi connectivity index (χ4v) is 1.70. The van der Waals surface area contributed by atoms with E-state index in [-0.39, 0.29) is 11.8 Å². The van der Waals surface area contributed by atoms with Gasteiger partial charge in [-0.3, -0.25) is 4.79 Å². The predicted octanol–water partition coefficient (Wildman–Crippen LogP) is 1.28. The zero-order valence-corrected chi connectivity index (χ0v) is 10.8. The molecule has 100 valence electrons. The topological polar surface area (TPSA) is 55.6 Å². The summed E-state index contributed by atoms with van der Waals surface area (Å²) >= 11 is 0. The van der Waals surface area contributed by atoms with E-state index >= 15 is 0 Å². The smallest absolute Gasteiger partial charge is 0.306 e. The van der Waals surface area contributed by atoms with E-state index in [9.17, 15) is 9.18 Å². The molecule has 5 heteroatoms. The number of ether oxygens (including phenoxy) is 1. The van der Waals surface area contributed by atoms with E-state index in [1.54, 1.807) is 0 Å². The fraction of sp³-hybridized carbons (Fsp3) is 0.462. The van der Waals surface area contributed by atoms with Gasteiger partial charge in [0.2, 0.25) is 0 Å². The van der Waals surface area contributed by atoms with Crippen LogP contribution >= 0.6 is 0 Å². The summed E-state index contributed by atoms with van der Waals surface area (Å²) in [4.78, 5) is 12.9. The molecule has 0 aliphatic rings. The molecular formula is C13H19FN2O2. The number of nitrogens with two attached hydrogens (primary N) is 1. The summed E-state index contributed by atoms with van der Waals surface area (Å²) in [7, 11) is 3.23. The minimum Gasteiger partial charge on any atom is -0.469 e. The van der Waals surface area contributed by atoms with Gasteiger partial charge in [0.15, 0.2) is 0 Å². The molecule has 4 nitrogen and oxygen atoms in total. The molecule has 0 aliphatic carbocycles. The monoisotopic (exact) mass is 254 g/mol. The number of hydrogen-bond acceptors (Lipinski definition) is 4. The molecule has 0 amide bonds. The summed E-state index contributed by atoms with van der Waals surface area (Å²) in [5.41, 5.74) is 7.11. The third kappa shape index (κ3) is 4.81. The van der Waals surface area contributed by atoms with Gasteiger partial charge in [0.05, 0.1) is 13.5 Å². The van der Waals surface area contributed by atoms with Crippen molar-refractivity contribution < 1.29 is 13.9 Å². The highest BCUT2D eigenvalue weighted by molar-refractivity contribution is 5.69. The Morgan fingerprint density at radius 2 is 2.06 bits per heavy atom. The van der Waals surface area contributed by atoms with Gasteiger partial charge in [-0.2, -0.15) is 0 Å². The third-order valence-corrected chi connectivity index (χ3v) is 2.63. The van der Waals surface area contributed by atoms with E-state index in [0.717, 1.165) is 11.1 Å². The van der Waals surface area contributed by atoms with Crippen LogP contribution in [0.15, 0.2) is 18.2 Å². The average Bonchev–Trinajstić information content (AvgIpc) is 2.35. The van der Waals surface area contributed by atoms with Gasteiger partial charge < -0.3 is 15.4 Å². The number of rotatable bonds is 6. The summed E-state index contributed by atoms with van der Waals surface area (Å²) in [6, 6.07) is 4.78. The van der Waals surface area contributed by atoms with Gasteiger partial charge >= 0.3 is 5.97 Å². The lowest BCUT2D eigenvalue weighted by molar-refractivity contribution is -0.140. The van der Waals surface area contributed by atoms with Crippen molar-refractivity contribution in [2.45, 2.75) is 19.5 Å². The molecule has 18 heavy (non-hydrogen) atoms. The van der Waals surface area contributed by atoms with Gasteiger partial charge in [-0.05, 0) is 30.3 Å². The molecule has 0 saturated carbocycles. The first kappa shape index (κ1) is 14.6. The van der Waals surface area contributed by atoms with Crippen LogP contribution in [0.5, 0.6) is 0 Å². The van der Waals surface area contributed by atoms with E-state index in [1.807, 2.05) is 18.0 Å². The number of methoxy groups -OCH3 is 1. The molecule has 2 N–H and O–H groups in total. The van der Waals surface area contributed by atoms with Crippen LogP contribution in [-0.2, 0) is 22.6 Å². The van der Waals surface area contributed by atoms with Crippen LogP contribution in [0.4, 0.5) is 4.39 Å². The second-order valence-electron chi connectivity index (χ2n) is 4.24. The van der Waals surface area contributed by atoms with Crippen molar-refractivity contribution in [3.05, 3.63) is 35.1 Å². The molecule has 0 radical (unpaired) electrons. The number of hydrogen-bond donors (Lipinski definition) is 1. The lowest BCUT2D eigenvalue weighted by Crippen LogP contribution is -2.22. The Bertz CT molecular complexity index is 410. The highest BCUT2D eigenvalue weighted by atomic mass is 19.1. The van der Waals surface area contributed by atoms with Crippen LogP contribution in [-0.4, -0.2) is 31.6 Å². The molecule has 1 rings (SSSR count). The summed E-state index contributed by atoms with van der Waals surface area (Å²) in [6.07, 6.45) is 0.325. The lowest BCUT2D eigenvalue weighted by atomic mass is 10.1. The number of benzene rings is 1. The molecule has 1 aromatic carbocycles. The molecule has 0 bridgehead atoms. The van der Waals surface area contributed by atoms with E-state index in [2.05, 4.69) is 4.74 Å². The summed E-state index contributed by atoms with van der Waals surface area (Å²) < 4.78 is 17.8. The second kappa shape index (κ2) is 7.08. The first-order valence-corrected chi connectivity index (χ1v) is 5.79. The summed E-state index contributed by atoms with van der Waals surface area (Å²) in [5.74, 6) is -0.530. The molecule has 0 fully saturated rings. The normalized spacial score (nSPS) is 10.7. The van der Waals surface area contributed by atoms with E-state index < -0.39 is 0 Å². The maximum atomic E-state index is 13.3. The van der Waals surface area contributed by atoms with Crippen molar-refractivity contribution in [3.8, 4) is 0 Å². The summed E-state index contributed by atoms with van der Waals surface area (Å²) in [6.45, 7) is 1.46. The third-order valence-electron chi connectivity index (χ3n) is 2.63. The number of halogens is 1. The first-order chi connectivity index (χ1) is 8.55. The fourth-order valence-electron chi connectivity index (χ4n) is 1.70. The van der Waals surface area contributed by atoms with Crippen molar-refractivity contribution in [3.63, 3.8) is 0 Å². The minimum atomic E-state index is -0.283. The van der Waals surface area contributed by atoms with Gasteiger partial charge in [-0.25, -0.2) is 4.39 Å². The SMILES string of the molecule is COC(=O)CCN(C)Cc1cc(F)cc(CN)c1. The highest BCUT2D eigenvalue weighted by Gasteiger charge is 2.06. The van der Waals surface area contributed by atoms with Crippen LogP contribution in [0.1, 0.15) is 17.5 Å². The Labute approximate surface area is 107 Å². The molecule has 0 heterocycles. The number of carbonyl (C=O) groups is 1. The van der Waals surface area contributed by atoms with E-state index in [0.29, 0.717) is 26.1 Å². The number of carbonyl (C=O) groups excluding carboxylic acids is 1. The molecule has 0 spiro atoms. The molecule has 1 aromatic rings. The lowest BCUT2D eigenvalue weighted by Gasteiger charge is -2.16. The number of nitrogens with zero attached hydrogens (tertiary/aromatic N) is 1. The molecule has 0 aliphatic heterocycles. The average molecular weight is 254 g/mol. The standard InChI is InChI=1S/C13H19FN2O2/c1-16(4-3-13(17)18-2)9-11-5-10(8-15)6-12(14)7-11/h5-7H,3-4,8-9,15H2,1-2H3. The molecule has 0 aromatic heterocycles. The maximum absolute atomic E-state index is 13.3. The van der Waals surface area contributed by atoms with Crippen LogP contribution in [0.25, 0.3) is 0 Å². The van der Waals surface area contributed by atoms with Crippen molar-refractivity contribution in [2.75, 3.05) is 20.7 Å². The van der Waals surface area contributed by atoms with Crippen molar-refractivity contribution in [1.29, 1.82) is 0 Å². The zero-order chi connectivity index (χ0) is 13.5. The van der Waals surface area contributed by atoms with Crippen LogP contribution in [0.3, 0.4) is 0 Å². The van der Waals surface area contributed by atoms with Gasteiger partial charge in [-0.15, -0.1) is 0 Å². The Morgan fingerprint density at radius 1 is 1.39 bits per heavy atom. The van der Waals surface area contributed by atoms with E-state index in [1.165, 1.54) is 19.2 Å². The quantitative estimate of drug-likeness (QED) is 0.777. The van der Waals surface area contributed by atoms with Crippen molar-refractivity contribution >= 4 is 5.97 Å². The Morgan fingerprint density at radius 3 is 2.67 bits per heavy atom. The Balaban J connectivity index is 2.55. The van der Waals surface area contributed by atoms with Crippen molar-refractivity contribution in [2.24, 2.45) is 5.73 Å². The first-order valence-electron chi connectivity index (χ1n) is 5.79. The molecule has 0 atom stereocenters. The van der Waals surface area contributed by atoms with Crippen LogP contribution < -0.4 is 5.73 Å². The minimum absolute atomic E-state index is 0.247. The van der Waals surface area contributed by atoms with Gasteiger partial charge in [0.1, 0.15) is 5.82 Å². The van der Waals surface area contributed by atoms with Gasteiger partial charge in [0.25, 0.3) is 0 Å². The molecule has 0 saturated heterocycles. The Hall–Kier alpha value is -1.46. The molecular weight excluding hydrogens is 235 g/mol. The summed E-state index contributed by atoms with van der Waals surface area (Å²) in [5, 5.41) is 0. The zero-order valence-electron chi connectivity index (χ0n) is 10.8. The molecule has 0 unspecified atom stereocenters. The number of esters is 1. The van der Waals surface area contributed by atoms with Gasteiger partial charge in [-0.1, -0.05) is 6.07 Å². The highest BCUT2D eigenvalue weighted by Crippen LogP contribution is 2.11. The van der Waals surface area contributed by atoms with Crippen LogP contribution in [0, 0.1) is 5.82 Å².